The summed E-state index contributed by atoms with van der Waals surface area (Å²) in [4.78, 5) is 4.63. The third kappa shape index (κ3) is 3.02. The Bertz CT molecular complexity index is 300. The summed E-state index contributed by atoms with van der Waals surface area (Å²) in [6.45, 7) is 5.36. The van der Waals surface area contributed by atoms with Crippen molar-refractivity contribution >= 4 is 11.3 Å². The van der Waals surface area contributed by atoms with Gasteiger partial charge < -0.3 is 5.32 Å². The number of rotatable bonds is 4. The van der Waals surface area contributed by atoms with E-state index in [0.29, 0.717) is 5.92 Å². The van der Waals surface area contributed by atoms with E-state index in [9.17, 15) is 0 Å². The van der Waals surface area contributed by atoms with Crippen molar-refractivity contribution in [2.75, 3.05) is 0 Å². The Kier molecular flexibility index (Phi) is 3.76. The molecule has 1 saturated carbocycles. The molecule has 0 amide bonds. The Hall–Kier alpha value is -0.410. The molecule has 0 aliphatic heterocycles. The van der Waals surface area contributed by atoms with Crippen LogP contribution < -0.4 is 5.32 Å². The van der Waals surface area contributed by atoms with E-state index in [1.807, 2.05) is 0 Å². The maximum atomic E-state index is 4.63. The second kappa shape index (κ2) is 5.08. The highest BCUT2D eigenvalue weighted by atomic mass is 32.1. The lowest BCUT2D eigenvalue weighted by Gasteiger charge is -2.09. The fourth-order valence-electron chi connectivity index (χ4n) is 2.03. The molecule has 0 bridgehead atoms. The van der Waals surface area contributed by atoms with E-state index in [-0.39, 0.29) is 0 Å². The van der Waals surface area contributed by atoms with Crippen LogP contribution in [-0.4, -0.2) is 11.0 Å². The van der Waals surface area contributed by atoms with Gasteiger partial charge in [0.2, 0.25) is 0 Å². The lowest BCUT2D eigenvalue weighted by atomic mass is 10.2. The molecule has 3 heteroatoms. The molecule has 1 aliphatic carbocycles. The van der Waals surface area contributed by atoms with Gasteiger partial charge in [-0.2, -0.15) is 0 Å². The van der Waals surface area contributed by atoms with E-state index in [4.69, 9.17) is 0 Å². The zero-order chi connectivity index (χ0) is 10.7. The molecule has 1 fully saturated rings. The van der Waals surface area contributed by atoms with Gasteiger partial charge in [0.05, 0.1) is 5.69 Å². The first-order valence-electron chi connectivity index (χ1n) is 5.93. The first-order chi connectivity index (χ1) is 7.25. The molecule has 2 rings (SSSR count). The van der Waals surface area contributed by atoms with Crippen molar-refractivity contribution < 1.29 is 0 Å². The van der Waals surface area contributed by atoms with Crippen LogP contribution in [0, 0.1) is 0 Å². The van der Waals surface area contributed by atoms with Crippen molar-refractivity contribution in [2.24, 2.45) is 0 Å². The second-order valence-electron chi connectivity index (χ2n) is 4.68. The van der Waals surface area contributed by atoms with E-state index >= 15 is 0 Å². The molecule has 15 heavy (non-hydrogen) atoms. The number of nitrogens with zero attached hydrogens (tertiary/aromatic N) is 1. The molecule has 0 atom stereocenters. The average molecular weight is 224 g/mol. The van der Waals surface area contributed by atoms with Crippen LogP contribution in [0.5, 0.6) is 0 Å². The van der Waals surface area contributed by atoms with Gasteiger partial charge in [-0.3, -0.25) is 0 Å². The van der Waals surface area contributed by atoms with Crippen molar-refractivity contribution in [2.45, 2.75) is 58.0 Å². The molecule has 1 heterocycles. The summed E-state index contributed by atoms with van der Waals surface area (Å²) in [5, 5.41) is 7.03. The zero-order valence-electron chi connectivity index (χ0n) is 9.62. The van der Waals surface area contributed by atoms with E-state index in [1.165, 1.54) is 36.4 Å². The summed E-state index contributed by atoms with van der Waals surface area (Å²) in [5.41, 5.74) is 1.24. The van der Waals surface area contributed by atoms with Crippen LogP contribution in [0.25, 0.3) is 0 Å². The highest BCUT2D eigenvalue weighted by molar-refractivity contribution is 7.09. The molecule has 1 aliphatic rings. The van der Waals surface area contributed by atoms with E-state index in [0.717, 1.165) is 12.6 Å². The predicted molar refractivity (Wildman–Crippen MR) is 65.3 cm³/mol. The quantitative estimate of drug-likeness (QED) is 0.849. The number of thiazole rings is 1. The first kappa shape index (κ1) is 11.1. The van der Waals surface area contributed by atoms with Crippen molar-refractivity contribution in [1.29, 1.82) is 0 Å². The minimum absolute atomic E-state index is 0.557. The Labute approximate surface area is 96.1 Å². The van der Waals surface area contributed by atoms with Gasteiger partial charge in [0.1, 0.15) is 5.01 Å². The van der Waals surface area contributed by atoms with Crippen LogP contribution in [0.3, 0.4) is 0 Å². The molecule has 1 aromatic rings. The molecule has 0 aromatic carbocycles. The number of aromatic nitrogens is 1. The average Bonchev–Trinajstić information content (AvgIpc) is 2.86. The van der Waals surface area contributed by atoms with Gasteiger partial charge in [-0.05, 0) is 18.8 Å². The standard InChI is InChI=1S/C12H20N2S/c1-9(2)11-8-15-12(14-11)7-13-10-5-3-4-6-10/h8-10,13H,3-7H2,1-2H3. The Morgan fingerprint density at radius 1 is 1.47 bits per heavy atom. The molecule has 0 spiro atoms. The number of nitrogens with one attached hydrogen (secondary N) is 1. The van der Waals surface area contributed by atoms with Crippen LogP contribution in [0.4, 0.5) is 0 Å². The molecular formula is C12H20N2S. The molecule has 1 aromatic heterocycles. The monoisotopic (exact) mass is 224 g/mol. The Morgan fingerprint density at radius 2 is 2.20 bits per heavy atom. The third-order valence-corrected chi connectivity index (χ3v) is 3.93. The maximum Gasteiger partial charge on any atom is 0.107 e. The van der Waals surface area contributed by atoms with Gasteiger partial charge in [0, 0.05) is 18.0 Å². The minimum Gasteiger partial charge on any atom is -0.308 e. The fraction of sp³-hybridized carbons (Fsp3) is 0.750. The molecule has 0 saturated heterocycles. The van der Waals surface area contributed by atoms with Crippen LogP contribution in [-0.2, 0) is 6.54 Å². The summed E-state index contributed by atoms with van der Waals surface area (Å²) in [6.07, 6.45) is 5.49. The van der Waals surface area contributed by atoms with Crippen LogP contribution in [0.15, 0.2) is 5.38 Å². The van der Waals surface area contributed by atoms with E-state index < -0.39 is 0 Å². The highest BCUT2D eigenvalue weighted by Gasteiger charge is 2.14. The predicted octanol–water partition coefficient (Wildman–Crippen LogP) is 3.30. The van der Waals surface area contributed by atoms with E-state index in [1.54, 1.807) is 11.3 Å². The van der Waals surface area contributed by atoms with Crippen LogP contribution in [0.2, 0.25) is 0 Å². The lowest BCUT2D eigenvalue weighted by Crippen LogP contribution is -2.25. The SMILES string of the molecule is CC(C)c1csc(CNC2CCCC2)n1. The van der Waals surface area contributed by atoms with Gasteiger partial charge in [-0.15, -0.1) is 11.3 Å². The van der Waals surface area contributed by atoms with Crippen molar-refractivity contribution in [3.05, 3.63) is 16.1 Å². The van der Waals surface area contributed by atoms with Crippen molar-refractivity contribution in [3.63, 3.8) is 0 Å². The van der Waals surface area contributed by atoms with Gasteiger partial charge in [-0.1, -0.05) is 26.7 Å². The Morgan fingerprint density at radius 3 is 2.80 bits per heavy atom. The summed E-state index contributed by atoms with van der Waals surface area (Å²) in [7, 11) is 0. The van der Waals surface area contributed by atoms with Crippen molar-refractivity contribution in [3.8, 4) is 0 Å². The number of hydrogen-bond acceptors (Lipinski definition) is 3. The molecule has 2 nitrogen and oxygen atoms in total. The van der Waals surface area contributed by atoms with Gasteiger partial charge in [-0.25, -0.2) is 4.98 Å². The largest absolute Gasteiger partial charge is 0.308 e. The summed E-state index contributed by atoms with van der Waals surface area (Å²) < 4.78 is 0. The van der Waals surface area contributed by atoms with Gasteiger partial charge >= 0.3 is 0 Å². The Balaban J connectivity index is 1.82. The summed E-state index contributed by atoms with van der Waals surface area (Å²) in [5.74, 6) is 0.557. The first-order valence-corrected chi connectivity index (χ1v) is 6.81. The topological polar surface area (TPSA) is 24.9 Å². The molecule has 1 N–H and O–H groups in total. The molecular weight excluding hydrogens is 204 g/mol. The normalized spacial score (nSPS) is 17.8. The van der Waals surface area contributed by atoms with Gasteiger partial charge in [0.15, 0.2) is 0 Å². The highest BCUT2D eigenvalue weighted by Crippen LogP contribution is 2.20. The fourth-order valence-corrected chi connectivity index (χ4v) is 2.94. The minimum atomic E-state index is 0.557. The number of hydrogen-bond donors (Lipinski definition) is 1. The van der Waals surface area contributed by atoms with Crippen LogP contribution >= 0.6 is 11.3 Å². The van der Waals surface area contributed by atoms with E-state index in [2.05, 4.69) is 29.5 Å². The lowest BCUT2D eigenvalue weighted by molar-refractivity contribution is 0.522. The molecule has 0 radical (unpaired) electrons. The second-order valence-corrected chi connectivity index (χ2v) is 5.63. The smallest absolute Gasteiger partial charge is 0.107 e. The molecule has 0 unspecified atom stereocenters. The van der Waals surface area contributed by atoms with Crippen LogP contribution in [0.1, 0.15) is 56.2 Å². The molecule has 84 valence electrons. The summed E-state index contributed by atoms with van der Waals surface area (Å²) in [6, 6.07) is 0.747. The maximum absolute atomic E-state index is 4.63. The third-order valence-electron chi connectivity index (χ3n) is 3.06. The zero-order valence-corrected chi connectivity index (χ0v) is 10.4. The van der Waals surface area contributed by atoms with Gasteiger partial charge in [0.25, 0.3) is 0 Å². The van der Waals surface area contributed by atoms with Crippen molar-refractivity contribution in [1.82, 2.24) is 10.3 Å². The summed E-state index contributed by atoms with van der Waals surface area (Å²) >= 11 is 1.79.